The SMILES string of the molecule is S=CNC1CCCN1. The lowest BCUT2D eigenvalue weighted by Gasteiger charge is -2.06. The molecule has 1 heterocycles. The van der Waals surface area contributed by atoms with Crippen LogP contribution in [0.4, 0.5) is 0 Å². The highest BCUT2D eigenvalue weighted by Crippen LogP contribution is 1.99. The predicted octanol–water partition coefficient (Wildman–Crippen LogP) is 0.243. The van der Waals surface area contributed by atoms with Crippen LogP contribution in [0.2, 0.25) is 0 Å². The van der Waals surface area contributed by atoms with Gasteiger partial charge in [-0.05, 0) is 19.4 Å². The lowest BCUT2D eigenvalue weighted by Crippen LogP contribution is -2.35. The van der Waals surface area contributed by atoms with Crippen molar-refractivity contribution in [3.8, 4) is 0 Å². The molecule has 46 valence electrons. The molecule has 0 aliphatic carbocycles. The third kappa shape index (κ3) is 1.42. The van der Waals surface area contributed by atoms with Crippen molar-refractivity contribution < 1.29 is 0 Å². The molecule has 2 nitrogen and oxygen atoms in total. The Balaban J connectivity index is 2.14. The molecule has 1 unspecified atom stereocenters. The Hall–Kier alpha value is -0.150. The van der Waals surface area contributed by atoms with E-state index in [9.17, 15) is 0 Å². The molecular weight excluding hydrogens is 120 g/mol. The van der Waals surface area contributed by atoms with Gasteiger partial charge in [-0.3, -0.25) is 5.32 Å². The Kier molecular flexibility index (Phi) is 2.24. The smallest absolute Gasteiger partial charge is 0.0770 e. The van der Waals surface area contributed by atoms with Gasteiger partial charge < -0.3 is 5.32 Å². The van der Waals surface area contributed by atoms with Crippen molar-refractivity contribution in [3.05, 3.63) is 0 Å². The summed E-state index contributed by atoms with van der Waals surface area (Å²) in [6.07, 6.45) is 2.92. The molecule has 0 aromatic heterocycles. The van der Waals surface area contributed by atoms with Crippen molar-refractivity contribution in [2.75, 3.05) is 6.54 Å². The summed E-state index contributed by atoms with van der Waals surface area (Å²) in [5.41, 5.74) is 1.57. The molecule has 0 amide bonds. The molecule has 0 radical (unpaired) electrons. The van der Waals surface area contributed by atoms with Crippen LogP contribution >= 0.6 is 12.2 Å². The molecule has 0 saturated carbocycles. The van der Waals surface area contributed by atoms with Crippen molar-refractivity contribution in [1.29, 1.82) is 0 Å². The molecule has 1 fully saturated rings. The summed E-state index contributed by atoms with van der Waals surface area (Å²) in [4.78, 5) is 0. The van der Waals surface area contributed by atoms with Crippen molar-refractivity contribution >= 4 is 17.7 Å². The van der Waals surface area contributed by atoms with Crippen LogP contribution in [0.5, 0.6) is 0 Å². The van der Waals surface area contributed by atoms with Crippen molar-refractivity contribution in [3.63, 3.8) is 0 Å². The third-order valence-electron chi connectivity index (χ3n) is 1.33. The van der Waals surface area contributed by atoms with Gasteiger partial charge in [0.2, 0.25) is 0 Å². The average Bonchev–Trinajstić information content (AvgIpc) is 2.19. The summed E-state index contributed by atoms with van der Waals surface area (Å²) < 4.78 is 0. The van der Waals surface area contributed by atoms with E-state index in [1.54, 1.807) is 5.49 Å². The number of thiocarbonyl (C=S) groups is 1. The Morgan fingerprint density at radius 2 is 2.62 bits per heavy atom. The van der Waals surface area contributed by atoms with E-state index in [0.717, 1.165) is 6.54 Å². The molecule has 0 spiro atoms. The minimum absolute atomic E-state index is 0.451. The number of rotatable bonds is 2. The first kappa shape index (κ1) is 5.98. The predicted molar refractivity (Wildman–Crippen MR) is 37.8 cm³/mol. The van der Waals surface area contributed by atoms with Crippen LogP contribution in [0.15, 0.2) is 0 Å². The second-order valence-electron chi connectivity index (χ2n) is 1.93. The van der Waals surface area contributed by atoms with Gasteiger partial charge in [0.15, 0.2) is 0 Å². The van der Waals surface area contributed by atoms with Gasteiger partial charge in [-0.2, -0.15) is 0 Å². The summed E-state index contributed by atoms with van der Waals surface area (Å²) >= 11 is 4.61. The van der Waals surface area contributed by atoms with Gasteiger partial charge in [0.1, 0.15) is 0 Å². The molecule has 8 heavy (non-hydrogen) atoms. The zero-order valence-corrected chi connectivity index (χ0v) is 5.50. The molecule has 1 saturated heterocycles. The van der Waals surface area contributed by atoms with Gasteiger partial charge in [-0.25, -0.2) is 0 Å². The van der Waals surface area contributed by atoms with Gasteiger partial charge >= 0.3 is 0 Å². The van der Waals surface area contributed by atoms with Crippen LogP contribution in [-0.2, 0) is 0 Å². The van der Waals surface area contributed by atoms with E-state index in [-0.39, 0.29) is 0 Å². The molecule has 2 N–H and O–H groups in total. The fourth-order valence-corrected chi connectivity index (χ4v) is 1.07. The van der Waals surface area contributed by atoms with E-state index >= 15 is 0 Å². The molecule has 0 aromatic rings. The van der Waals surface area contributed by atoms with Gasteiger partial charge in [0.05, 0.1) is 11.7 Å². The number of nitrogens with one attached hydrogen (secondary N) is 2. The van der Waals surface area contributed by atoms with E-state index in [1.807, 2.05) is 0 Å². The van der Waals surface area contributed by atoms with Crippen LogP contribution in [0, 0.1) is 0 Å². The average molecular weight is 130 g/mol. The molecule has 1 atom stereocenters. The first-order valence-electron chi connectivity index (χ1n) is 2.86. The molecule has 1 aliphatic rings. The zero-order chi connectivity index (χ0) is 5.82. The van der Waals surface area contributed by atoms with Crippen LogP contribution in [0.3, 0.4) is 0 Å². The molecule has 0 bridgehead atoms. The first-order chi connectivity index (χ1) is 3.93. The Labute approximate surface area is 54.7 Å². The van der Waals surface area contributed by atoms with E-state index in [1.165, 1.54) is 12.8 Å². The maximum atomic E-state index is 4.61. The van der Waals surface area contributed by atoms with Gasteiger partial charge in [-0.15, -0.1) is 0 Å². The molecule has 3 heteroatoms. The summed E-state index contributed by atoms with van der Waals surface area (Å²) in [7, 11) is 0. The highest BCUT2D eigenvalue weighted by atomic mass is 32.1. The van der Waals surface area contributed by atoms with Crippen LogP contribution in [0.1, 0.15) is 12.8 Å². The highest BCUT2D eigenvalue weighted by Gasteiger charge is 2.10. The molecule has 1 aliphatic heterocycles. The largest absolute Gasteiger partial charge is 0.367 e. The summed E-state index contributed by atoms with van der Waals surface area (Å²) in [6, 6.07) is 0. The maximum Gasteiger partial charge on any atom is 0.0770 e. The van der Waals surface area contributed by atoms with Gasteiger partial charge in [0.25, 0.3) is 0 Å². The standard InChI is InChI=1S/C5H10N2S/c8-4-7-5-2-1-3-6-5/h4-6H,1-3H2,(H,7,8). The summed E-state index contributed by atoms with van der Waals surface area (Å²) in [6.45, 7) is 1.13. The van der Waals surface area contributed by atoms with Crippen LogP contribution < -0.4 is 10.6 Å². The zero-order valence-electron chi connectivity index (χ0n) is 4.68. The fourth-order valence-electron chi connectivity index (χ4n) is 0.909. The lowest BCUT2D eigenvalue weighted by atomic mass is 10.3. The van der Waals surface area contributed by atoms with Crippen LogP contribution in [-0.4, -0.2) is 18.2 Å². The lowest BCUT2D eigenvalue weighted by molar-refractivity contribution is 0.580. The number of hydrogen-bond donors (Lipinski definition) is 2. The van der Waals surface area contributed by atoms with E-state index in [2.05, 4.69) is 22.9 Å². The van der Waals surface area contributed by atoms with E-state index in [0.29, 0.717) is 6.17 Å². The molecule has 1 rings (SSSR count). The Morgan fingerprint density at radius 1 is 1.75 bits per heavy atom. The van der Waals surface area contributed by atoms with Crippen molar-refractivity contribution in [1.82, 2.24) is 10.6 Å². The Bertz CT molecular complexity index is 78.5. The topological polar surface area (TPSA) is 24.1 Å². The summed E-state index contributed by atoms with van der Waals surface area (Å²) in [5, 5.41) is 6.27. The molecule has 0 aromatic carbocycles. The number of hydrogen-bond acceptors (Lipinski definition) is 2. The summed E-state index contributed by atoms with van der Waals surface area (Å²) in [5.74, 6) is 0. The first-order valence-corrected chi connectivity index (χ1v) is 3.33. The third-order valence-corrected chi connectivity index (χ3v) is 1.47. The van der Waals surface area contributed by atoms with E-state index < -0.39 is 0 Å². The quantitative estimate of drug-likeness (QED) is 0.524. The van der Waals surface area contributed by atoms with Gasteiger partial charge in [0, 0.05) is 0 Å². The minimum Gasteiger partial charge on any atom is -0.367 e. The van der Waals surface area contributed by atoms with Crippen LogP contribution in [0.25, 0.3) is 0 Å². The maximum absolute atomic E-state index is 4.61. The minimum atomic E-state index is 0.451. The fraction of sp³-hybridized carbons (Fsp3) is 0.800. The Morgan fingerprint density at radius 3 is 3.12 bits per heavy atom. The van der Waals surface area contributed by atoms with Gasteiger partial charge in [-0.1, -0.05) is 12.2 Å². The normalized spacial score (nSPS) is 27.8. The van der Waals surface area contributed by atoms with Crippen molar-refractivity contribution in [2.45, 2.75) is 19.0 Å². The molecular formula is C5H10N2S. The second-order valence-corrected chi connectivity index (χ2v) is 2.17. The van der Waals surface area contributed by atoms with E-state index in [4.69, 9.17) is 0 Å². The van der Waals surface area contributed by atoms with Crippen molar-refractivity contribution in [2.24, 2.45) is 0 Å². The second kappa shape index (κ2) is 2.99. The monoisotopic (exact) mass is 130 g/mol. The highest BCUT2D eigenvalue weighted by molar-refractivity contribution is 7.78.